The first-order chi connectivity index (χ1) is 14.0. The SMILES string of the molecule is Cc1ccc(C(=O)Nc2nc(C)c3c(C(=O)NC(C)C)cn(C(C)(C)C)c3n2)cc1. The normalized spacial score (nSPS) is 11.7. The van der Waals surface area contributed by atoms with Gasteiger partial charge in [-0.05, 0) is 60.6 Å². The maximum Gasteiger partial charge on any atom is 0.258 e. The van der Waals surface area contributed by atoms with Crippen LogP contribution >= 0.6 is 0 Å². The van der Waals surface area contributed by atoms with Gasteiger partial charge < -0.3 is 9.88 Å². The molecule has 7 heteroatoms. The van der Waals surface area contributed by atoms with Crippen LogP contribution in [0, 0.1) is 13.8 Å². The molecule has 0 saturated carbocycles. The summed E-state index contributed by atoms with van der Waals surface area (Å²) < 4.78 is 1.95. The summed E-state index contributed by atoms with van der Waals surface area (Å²) in [4.78, 5) is 34.5. The maximum atomic E-state index is 12.8. The van der Waals surface area contributed by atoms with Crippen molar-refractivity contribution in [3.05, 3.63) is 52.8 Å². The van der Waals surface area contributed by atoms with Gasteiger partial charge in [0.15, 0.2) is 0 Å². The van der Waals surface area contributed by atoms with Crippen LogP contribution in [0.5, 0.6) is 0 Å². The fourth-order valence-corrected chi connectivity index (χ4v) is 3.26. The fourth-order valence-electron chi connectivity index (χ4n) is 3.26. The zero-order chi connectivity index (χ0) is 22.2. The molecule has 3 aromatic rings. The Morgan fingerprint density at radius 1 is 1.00 bits per heavy atom. The van der Waals surface area contributed by atoms with Gasteiger partial charge in [-0.15, -0.1) is 0 Å². The molecule has 1 aromatic carbocycles. The third-order valence-corrected chi connectivity index (χ3v) is 4.75. The Bertz CT molecular complexity index is 1110. The molecule has 2 N–H and O–H groups in total. The number of amides is 2. The van der Waals surface area contributed by atoms with Crippen LogP contribution in [0.15, 0.2) is 30.5 Å². The summed E-state index contributed by atoms with van der Waals surface area (Å²) in [6.45, 7) is 13.8. The lowest BCUT2D eigenvalue weighted by Crippen LogP contribution is -2.30. The number of rotatable bonds is 4. The van der Waals surface area contributed by atoms with Crippen LogP contribution in [0.2, 0.25) is 0 Å². The molecule has 0 atom stereocenters. The second-order valence-electron chi connectivity index (χ2n) is 8.86. The lowest BCUT2D eigenvalue weighted by Gasteiger charge is -2.22. The molecule has 0 bridgehead atoms. The monoisotopic (exact) mass is 407 g/mol. The molecule has 2 heterocycles. The second-order valence-corrected chi connectivity index (χ2v) is 8.86. The molecule has 2 aromatic heterocycles. The summed E-state index contributed by atoms with van der Waals surface area (Å²) in [7, 11) is 0. The summed E-state index contributed by atoms with van der Waals surface area (Å²) in [5.74, 6) is -0.230. The average molecular weight is 408 g/mol. The van der Waals surface area contributed by atoms with Crippen LogP contribution < -0.4 is 10.6 Å². The molecule has 0 aliphatic heterocycles. The zero-order valence-electron chi connectivity index (χ0n) is 18.6. The van der Waals surface area contributed by atoms with E-state index in [2.05, 4.69) is 20.6 Å². The van der Waals surface area contributed by atoms with Crippen molar-refractivity contribution < 1.29 is 9.59 Å². The van der Waals surface area contributed by atoms with Crippen LogP contribution in [0.25, 0.3) is 11.0 Å². The molecule has 0 aliphatic carbocycles. The van der Waals surface area contributed by atoms with Crippen molar-refractivity contribution in [2.45, 2.75) is 60.0 Å². The fraction of sp³-hybridized carbons (Fsp3) is 0.391. The highest BCUT2D eigenvalue weighted by Crippen LogP contribution is 2.29. The highest BCUT2D eigenvalue weighted by molar-refractivity contribution is 6.08. The van der Waals surface area contributed by atoms with Crippen LogP contribution in [-0.4, -0.2) is 32.4 Å². The molecule has 3 rings (SSSR count). The lowest BCUT2D eigenvalue weighted by atomic mass is 10.1. The van der Waals surface area contributed by atoms with E-state index in [9.17, 15) is 9.59 Å². The molecule has 30 heavy (non-hydrogen) atoms. The van der Waals surface area contributed by atoms with Gasteiger partial charge in [0.1, 0.15) is 5.65 Å². The number of aromatic nitrogens is 3. The van der Waals surface area contributed by atoms with E-state index >= 15 is 0 Å². The van der Waals surface area contributed by atoms with Gasteiger partial charge >= 0.3 is 0 Å². The summed E-state index contributed by atoms with van der Waals surface area (Å²) >= 11 is 0. The van der Waals surface area contributed by atoms with Crippen molar-refractivity contribution in [1.29, 1.82) is 0 Å². The van der Waals surface area contributed by atoms with Crippen molar-refractivity contribution >= 4 is 28.8 Å². The number of nitrogens with zero attached hydrogens (tertiary/aromatic N) is 3. The molecule has 7 nitrogen and oxygen atoms in total. The molecule has 0 radical (unpaired) electrons. The highest BCUT2D eigenvalue weighted by Gasteiger charge is 2.25. The smallest absolute Gasteiger partial charge is 0.258 e. The second kappa shape index (κ2) is 7.89. The van der Waals surface area contributed by atoms with Gasteiger partial charge in [0, 0.05) is 23.3 Å². The van der Waals surface area contributed by atoms with E-state index in [0.29, 0.717) is 27.9 Å². The predicted octanol–water partition coefficient (Wildman–Crippen LogP) is 4.19. The predicted molar refractivity (Wildman–Crippen MR) is 119 cm³/mol. The summed E-state index contributed by atoms with van der Waals surface area (Å²) in [5, 5.41) is 6.41. The van der Waals surface area contributed by atoms with E-state index in [-0.39, 0.29) is 29.3 Å². The van der Waals surface area contributed by atoms with E-state index in [1.54, 1.807) is 12.1 Å². The third kappa shape index (κ3) is 4.35. The quantitative estimate of drug-likeness (QED) is 0.679. The first-order valence-corrected chi connectivity index (χ1v) is 10.1. The number of aryl methyl sites for hydroxylation is 2. The molecule has 158 valence electrons. The van der Waals surface area contributed by atoms with Gasteiger partial charge in [-0.1, -0.05) is 17.7 Å². The van der Waals surface area contributed by atoms with Gasteiger partial charge in [-0.2, -0.15) is 4.98 Å². The Balaban J connectivity index is 2.08. The summed E-state index contributed by atoms with van der Waals surface area (Å²) in [5.41, 5.74) is 3.08. The number of fused-ring (bicyclic) bond motifs is 1. The zero-order valence-corrected chi connectivity index (χ0v) is 18.6. The number of benzene rings is 1. The topological polar surface area (TPSA) is 88.9 Å². The number of anilines is 1. The van der Waals surface area contributed by atoms with Crippen molar-refractivity contribution in [3.63, 3.8) is 0 Å². The highest BCUT2D eigenvalue weighted by atomic mass is 16.2. The minimum atomic E-state index is -0.312. The standard InChI is InChI=1S/C23H29N5O2/c1-13(2)24-21(30)17-12-28(23(5,6)7)19-18(17)15(4)25-22(26-19)27-20(29)16-10-8-14(3)9-11-16/h8-13H,1-7H3,(H,24,30)(H,25,26,27,29). The number of hydrogen-bond acceptors (Lipinski definition) is 4. The van der Waals surface area contributed by atoms with E-state index in [0.717, 1.165) is 5.56 Å². The Hall–Kier alpha value is -3.22. The van der Waals surface area contributed by atoms with E-state index in [1.807, 2.05) is 71.4 Å². The largest absolute Gasteiger partial charge is 0.350 e. The molecule has 0 saturated heterocycles. The molecule has 0 aliphatic rings. The number of hydrogen-bond donors (Lipinski definition) is 2. The van der Waals surface area contributed by atoms with Crippen LogP contribution in [0.4, 0.5) is 5.95 Å². The number of carbonyl (C=O) groups is 2. The Morgan fingerprint density at radius 2 is 1.63 bits per heavy atom. The van der Waals surface area contributed by atoms with Gasteiger partial charge in [0.25, 0.3) is 11.8 Å². The molecular formula is C23H29N5O2. The first kappa shape index (κ1) is 21.5. The summed E-state index contributed by atoms with van der Waals surface area (Å²) in [6.07, 6.45) is 1.82. The average Bonchev–Trinajstić information content (AvgIpc) is 3.02. The van der Waals surface area contributed by atoms with Crippen LogP contribution in [0.3, 0.4) is 0 Å². The molecule has 0 unspecified atom stereocenters. The third-order valence-electron chi connectivity index (χ3n) is 4.75. The molecule has 0 fully saturated rings. The minimum Gasteiger partial charge on any atom is -0.350 e. The van der Waals surface area contributed by atoms with E-state index in [1.165, 1.54) is 0 Å². The molecule has 2 amide bonds. The van der Waals surface area contributed by atoms with Crippen LogP contribution in [-0.2, 0) is 5.54 Å². The van der Waals surface area contributed by atoms with E-state index < -0.39 is 0 Å². The Kier molecular flexibility index (Phi) is 5.65. The van der Waals surface area contributed by atoms with Crippen molar-refractivity contribution in [2.75, 3.05) is 5.32 Å². The minimum absolute atomic E-state index is 0.0137. The Labute approximate surface area is 176 Å². The van der Waals surface area contributed by atoms with Crippen molar-refractivity contribution in [1.82, 2.24) is 19.9 Å². The summed E-state index contributed by atoms with van der Waals surface area (Å²) in [6, 6.07) is 7.31. The Morgan fingerprint density at radius 3 is 2.20 bits per heavy atom. The van der Waals surface area contributed by atoms with Gasteiger partial charge in [0.05, 0.1) is 16.6 Å². The van der Waals surface area contributed by atoms with Gasteiger partial charge in [-0.3, -0.25) is 14.9 Å². The van der Waals surface area contributed by atoms with Crippen molar-refractivity contribution in [3.8, 4) is 0 Å². The maximum absolute atomic E-state index is 12.8. The number of carbonyl (C=O) groups excluding carboxylic acids is 2. The first-order valence-electron chi connectivity index (χ1n) is 10.1. The van der Waals surface area contributed by atoms with Crippen molar-refractivity contribution in [2.24, 2.45) is 0 Å². The van der Waals surface area contributed by atoms with Crippen LogP contribution in [0.1, 0.15) is 66.6 Å². The van der Waals surface area contributed by atoms with E-state index in [4.69, 9.17) is 0 Å². The number of nitrogens with one attached hydrogen (secondary N) is 2. The van der Waals surface area contributed by atoms with Gasteiger partial charge in [0.2, 0.25) is 5.95 Å². The molecule has 0 spiro atoms. The molecular weight excluding hydrogens is 378 g/mol. The van der Waals surface area contributed by atoms with Gasteiger partial charge in [-0.25, -0.2) is 4.98 Å². The lowest BCUT2D eigenvalue weighted by molar-refractivity contribution is 0.0943.